The molecule has 0 aliphatic carbocycles. The highest BCUT2D eigenvalue weighted by atomic mass is 35.5. The minimum Gasteiger partial charge on any atom is -0.365 e. The molecule has 1 aromatic carbocycles. The number of nitrogens with two attached hydrogens (primary N) is 1. The predicted molar refractivity (Wildman–Crippen MR) is 73.0 cm³/mol. The number of anilines is 1. The van der Waals surface area contributed by atoms with E-state index in [0.717, 1.165) is 24.3 Å². The molecule has 1 fully saturated rings. The lowest BCUT2D eigenvalue weighted by atomic mass is 10.2. The van der Waals surface area contributed by atoms with E-state index in [1.54, 1.807) is 24.3 Å². The third kappa shape index (κ3) is 3.68. The molecule has 1 saturated heterocycles. The highest BCUT2D eigenvalue weighted by Gasteiger charge is 2.34. The predicted octanol–water partition coefficient (Wildman–Crippen LogP) is -0.189. The molecule has 1 aliphatic heterocycles. The van der Waals surface area contributed by atoms with Crippen LogP contribution in [0.15, 0.2) is 24.3 Å². The zero-order chi connectivity index (χ0) is 13.8. The molecule has 0 bridgehead atoms. The van der Waals surface area contributed by atoms with E-state index in [2.05, 4.69) is 5.32 Å². The topological polar surface area (TPSA) is 76.6 Å². The Morgan fingerprint density at radius 1 is 1.37 bits per heavy atom. The molecule has 0 saturated carbocycles. The molecule has 1 unspecified atom stereocenters. The summed E-state index contributed by atoms with van der Waals surface area (Å²) in [5, 5.41) is 3.41. The smallest absolute Gasteiger partial charge is 0.279 e. The van der Waals surface area contributed by atoms with Crippen molar-refractivity contribution < 1.29 is 14.5 Å². The van der Waals surface area contributed by atoms with Crippen molar-refractivity contribution in [2.45, 2.75) is 18.9 Å². The molecule has 6 heteroatoms. The second-order valence-corrected chi connectivity index (χ2v) is 5.17. The Hall–Kier alpha value is -1.59. The summed E-state index contributed by atoms with van der Waals surface area (Å²) in [5.41, 5.74) is 6.02. The number of quaternary nitrogens is 1. The summed E-state index contributed by atoms with van der Waals surface area (Å²) in [7, 11) is 0. The third-order valence-corrected chi connectivity index (χ3v) is 3.59. The van der Waals surface area contributed by atoms with Gasteiger partial charge in [-0.3, -0.25) is 9.59 Å². The van der Waals surface area contributed by atoms with Gasteiger partial charge in [0.2, 0.25) is 0 Å². The van der Waals surface area contributed by atoms with Crippen molar-refractivity contribution >= 4 is 29.1 Å². The van der Waals surface area contributed by atoms with Gasteiger partial charge in [-0.25, -0.2) is 0 Å². The lowest BCUT2D eigenvalue weighted by molar-refractivity contribution is -0.894. The minimum absolute atomic E-state index is 0.120. The van der Waals surface area contributed by atoms with Crippen LogP contribution in [0.1, 0.15) is 12.8 Å². The number of likely N-dealkylation sites (tertiary alicyclic amines) is 1. The molecule has 5 nitrogen and oxygen atoms in total. The lowest BCUT2D eigenvalue weighted by Gasteiger charge is -2.18. The molecule has 4 N–H and O–H groups in total. The molecule has 102 valence electrons. The SMILES string of the molecule is NC(=O)[C@@H]1CCC[NH+]1CC(=O)Nc1ccc(Cl)cc1. The molecule has 1 aliphatic rings. The number of rotatable bonds is 4. The van der Waals surface area contributed by atoms with Crippen molar-refractivity contribution in [1.82, 2.24) is 0 Å². The Balaban J connectivity index is 1.90. The Labute approximate surface area is 116 Å². The summed E-state index contributed by atoms with van der Waals surface area (Å²) in [6.07, 6.45) is 1.69. The molecule has 0 radical (unpaired) electrons. The number of primary amides is 1. The van der Waals surface area contributed by atoms with Gasteiger partial charge in [0.1, 0.15) is 0 Å². The highest BCUT2D eigenvalue weighted by molar-refractivity contribution is 6.30. The number of carbonyl (C=O) groups is 2. The second kappa shape index (κ2) is 6.04. The monoisotopic (exact) mass is 282 g/mol. The van der Waals surface area contributed by atoms with Crippen LogP contribution in [0.3, 0.4) is 0 Å². The summed E-state index contributed by atoms with van der Waals surface area (Å²) in [6.45, 7) is 1.07. The first-order chi connectivity index (χ1) is 9.06. The highest BCUT2D eigenvalue weighted by Crippen LogP contribution is 2.13. The number of benzene rings is 1. The van der Waals surface area contributed by atoms with Crippen LogP contribution in [0.2, 0.25) is 5.02 Å². The molecule has 19 heavy (non-hydrogen) atoms. The summed E-state index contributed by atoms with van der Waals surface area (Å²) < 4.78 is 0. The van der Waals surface area contributed by atoms with E-state index >= 15 is 0 Å². The van der Waals surface area contributed by atoms with Crippen LogP contribution in [-0.2, 0) is 9.59 Å². The van der Waals surface area contributed by atoms with Gasteiger partial charge in [0.25, 0.3) is 11.8 Å². The molecule has 2 amide bonds. The lowest BCUT2D eigenvalue weighted by Crippen LogP contribution is -3.16. The molecule has 2 rings (SSSR count). The number of halogens is 1. The molecule has 2 atom stereocenters. The number of amides is 2. The number of hydrogen-bond donors (Lipinski definition) is 3. The standard InChI is InChI=1S/C13H16ClN3O2/c14-9-3-5-10(6-4-9)16-12(18)8-17-7-1-2-11(17)13(15)19/h3-6,11H,1-2,7-8H2,(H2,15,19)(H,16,18)/p+1/t11-/m0/s1. The quantitative estimate of drug-likeness (QED) is 0.716. The fourth-order valence-electron chi connectivity index (χ4n) is 2.41. The Morgan fingerprint density at radius 2 is 2.05 bits per heavy atom. The zero-order valence-electron chi connectivity index (χ0n) is 10.5. The van der Waals surface area contributed by atoms with E-state index in [9.17, 15) is 9.59 Å². The van der Waals surface area contributed by atoms with Gasteiger partial charge in [-0.1, -0.05) is 11.6 Å². The van der Waals surface area contributed by atoms with E-state index in [1.165, 1.54) is 0 Å². The Kier molecular flexibility index (Phi) is 4.39. The van der Waals surface area contributed by atoms with E-state index in [0.29, 0.717) is 10.7 Å². The molecule has 1 aromatic rings. The summed E-state index contributed by atoms with van der Waals surface area (Å²) in [6, 6.07) is 6.67. The van der Waals surface area contributed by atoms with Gasteiger partial charge in [0.05, 0.1) is 6.54 Å². The number of nitrogens with one attached hydrogen (secondary N) is 2. The normalized spacial score (nSPS) is 22.2. The first-order valence-electron chi connectivity index (χ1n) is 6.25. The van der Waals surface area contributed by atoms with Crippen molar-refractivity contribution in [2.75, 3.05) is 18.4 Å². The Bertz CT molecular complexity index is 475. The molecule has 0 spiro atoms. The minimum atomic E-state index is -0.327. The van der Waals surface area contributed by atoms with E-state index in [1.807, 2.05) is 0 Å². The van der Waals surface area contributed by atoms with Gasteiger partial charge >= 0.3 is 0 Å². The first kappa shape index (κ1) is 13.8. The van der Waals surface area contributed by atoms with E-state index in [4.69, 9.17) is 17.3 Å². The largest absolute Gasteiger partial charge is 0.365 e. The summed E-state index contributed by atoms with van der Waals surface area (Å²) in [5.74, 6) is -0.447. The van der Waals surface area contributed by atoms with Gasteiger partial charge in [0, 0.05) is 23.6 Å². The third-order valence-electron chi connectivity index (χ3n) is 3.34. The molecule has 0 aromatic heterocycles. The van der Waals surface area contributed by atoms with E-state index in [-0.39, 0.29) is 24.4 Å². The van der Waals surface area contributed by atoms with Gasteiger partial charge < -0.3 is 16.0 Å². The number of hydrogen-bond acceptors (Lipinski definition) is 2. The maximum atomic E-state index is 11.9. The van der Waals surface area contributed by atoms with Crippen LogP contribution >= 0.6 is 11.6 Å². The average molecular weight is 283 g/mol. The number of carbonyl (C=O) groups excluding carboxylic acids is 2. The summed E-state index contributed by atoms with van der Waals surface area (Å²) >= 11 is 5.77. The van der Waals surface area contributed by atoms with Crippen LogP contribution in [0.25, 0.3) is 0 Å². The van der Waals surface area contributed by atoms with Crippen molar-refractivity contribution in [2.24, 2.45) is 5.73 Å². The van der Waals surface area contributed by atoms with Crippen molar-refractivity contribution in [3.05, 3.63) is 29.3 Å². The van der Waals surface area contributed by atoms with Crippen molar-refractivity contribution in [1.29, 1.82) is 0 Å². The van der Waals surface area contributed by atoms with Crippen LogP contribution in [0.4, 0.5) is 5.69 Å². The molecular formula is C13H17ClN3O2+. The molecule has 1 heterocycles. The van der Waals surface area contributed by atoms with Crippen LogP contribution in [0.5, 0.6) is 0 Å². The van der Waals surface area contributed by atoms with Crippen molar-refractivity contribution in [3.63, 3.8) is 0 Å². The fraction of sp³-hybridized carbons (Fsp3) is 0.385. The fourth-order valence-corrected chi connectivity index (χ4v) is 2.54. The van der Waals surface area contributed by atoms with Gasteiger partial charge in [-0.15, -0.1) is 0 Å². The maximum Gasteiger partial charge on any atom is 0.279 e. The second-order valence-electron chi connectivity index (χ2n) is 4.74. The van der Waals surface area contributed by atoms with Crippen LogP contribution < -0.4 is 16.0 Å². The maximum absolute atomic E-state index is 11.9. The Morgan fingerprint density at radius 3 is 2.68 bits per heavy atom. The van der Waals surface area contributed by atoms with E-state index < -0.39 is 0 Å². The average Bonchev–Trinajstić information content (AvgIpc) is 2.80. The van der Waals surface area contributed by atoms with Crippen molar-refractivity contribution in [3.8, 4) is 0 Å². The van der Waals surface area contributed by atoms with Gasteiger partial charge in [-0.05, 0) is 24.3 Å². The van der Waals surface area contributed by atoms with Crippen LogP contribution in [0, 0.1) is 0 Å². The molecular weight excluding hydrogens is 266 g/mol. The first-order valence-corrected chi connectivity index (χ1v) is 6.63. The van der Waals surface area contributed by atoms with Crippen LogP contribution in [-0.4, -0.2) is 30.9 Å². The van der Waals surface area contributed by atoms with Gasteiger partial charge in [0.15, 0.2) is 12.6 Å². The zero-order valence-corrected chi connectivity index (χ0v) is 11.2. The summed E-state index contributed by atoms with van der Waals surface area (Å²) in [4.78, 5) is 24.1. The van der Waals surface area contributed by atoms with Gasteiger partial charge in [-0.2, -0.15) is 0 Å².